The van der Waals surface area contributed by atoms with E-state index in [2.05, 4.69) is 15.2 Å². The SMILES string of the molecule is CNC(=O)C1CCN(c2ccc(C(C)O)nc2)CC1. The van der Waals surface area contributed by atoms with Gasteiger partial charge in [0, 0.05) is 26.1 Å². The third-order valence-corrected chi connectivity index (χ3v) is 3.68. The van der Waals surface area contributed by atoms with Gasteiger partial charge in [0.2, 0.25) is 5.91 Å². The van der Waals surface area contributed by atoms with Crippen LogP contribution in [0.2, 0.25) is 0 Å². The summed E-state index contributed by atoms with van der Waals surface area (Å²) in [5.74, 6) is 0.271. The lowest BCUT2D eigenvalue weighted by Crippen LogP contribution is -2.39. The fraction of sp³-hybridized carbons (Fsp3) is 0.571. The van der Waals surface area contributed by atoms with Gasteiger partial charge in [-0.3, -0.25) is 9.78 Å². The molecule has 2 heterocycles. The van der Waals surface area contributed by atoms with E-state index >= 15 is 0 Å². The first-order valence-corrected chi connectivity index (χ1v) is 6.72. The molecule has 1 atom stereocenters. The second kappa shape index (κ2) is 6.02. The van der Waals surface area contributed by atoms with E-state index in [0.29, 0.717) is 5.69 Å². The first-order valence-electron chi connectivity index (χ1n) is 6.72. The molecule has 1 aliphatic heterocycles. The Morgan fingerprint density at radius 2 is 2.16 bits per heavy atom. The van der Waals surface area contributed by atoms with Crippen LogP contribution in [0.4, 0.5) is 5.69 Å². The topological polar surface area (TPSA) is 65.5 Å². The molecule has 19 heavy (non-hydrogen) atoms. The van der Waals surface area contributed by atoms with Crippen molar-refractivity contribution in [1.29, 1.82) is 0 Å². The Labute approximate surface area is 113 Å². The molecule has 5 heteroatoms. The number of anilines is 1. The highest BCUT2D eigenvalue weighted by atomic mass is 16.3. The number of aliphatic hydroxyl groups is 1. The lowest BCUT2D eigenvalue weighted by Gasteiger charge is -2.32. The van der Waals surface area contributed by atoms with Crippen molar-refractivity contribution in [2.45, 2.75) is 25.9 Å². The van der Waals surface area contributed by atoms with Crippen molar-refractivity contribution in [3.05, 3.63) is 24.0 Å². The van der Waals surface area contributed by atoms with Crippen molar-refractivity contribution in [2.24, 2.45) is 5.92 Å². The molecule has 0 aromatic carbocycles. The third kappa shape index (κ3) is 3.23. The first-order chi connectivity index (χ1) is 9.11. The predicted molar refractivity (Wildman–Crippen MR) is 73.9 cm³/mol. The van der Waals surface area contributed by atoms with Crippen molar-refractivity contribution in [3.63, 3.8) is 0 Å². The minimum Gasteiger partial charge on any atom is -0.387 e. The van der Waals surface area contributed by atoms with Crippen LogP contribution in [0.3, 0.4) is 0 Å². The number of carbonyl (C=O) groups excluding carboxylic acids is 1. The quantitative estimate of drug-likeness (QED) is 0.857. The molecule has 104 valence electrons. The summed E-state index contributed by atoms with van der Waals surface area (Å²) < 4.78 is 0. The normalized spacial score (nSPS) is 18.2. The van der Waals surface area contributed by atoms with Crippen molar-refractivity contribution in [2.75, 3.05) is 25.0 Å². The Morgan fingerprint density at radius 3 is 2.63 bits per heavy atom. The van der Waals surface area contributed by atoms with Gasteiger partial charge in [-0.2, -0.15) is 0 Å². The molecule has 1 aromatic rings. The Bertz CT molecular complexity index is 423. The van der Waals surface area contributed by atoms with E-state index < -0.39 is 6.10 Å². The van der Waals surface area contributed by atoms with Gasteiger partial charge in [-0.15, -0.1) is 0 Å². The molecule has 0 spiro atoms. The molecule has 1 unspecified atom stereocenters. The number of aliphatic hydroxyl groups excluding tert-OH is 1. The standard InChI is InChI=1S/C14H21N3O2/c1-10(18)13-4-3-12(9-16-13)17-7-5-11(6-8-17)14(19)15-2/h3-4,9-11,18H,5-8H2,1-2H3,(H,15,19). The second-order valence-electron chi connectivity index (χ2n) is 4.99. The Kier molecular flexibility index (Phi) is 4.37. The highest BCUT2D eigenvalue weighted by molar-refractivity contribution is 5.78. The van der Waals surface area contributed by atoms with Crippen molar-refractivity contribution in [3.8, 4) is 0 Å². The van der Waals surface area contributed by atoms with Gasteiger partial charge in [0.1, 0.15) is 0 Å². The van der Waals surface area contributed by atoms with Gasteiger partial charge < -0.3 is 15.3 Å². The Balaban J connectivity index is 1.96. The van der Waals surface area contributed by atoms with Gasteiger partial charge in [0.15, 0.2) is 0 Å². The molecule has 1 fully saturated rings. The number of nitrogens with zero attached hydrogens (tertiary/aromatic N) is 2. The number of piperidine rings is 1. The lowest BCUT2D eigenvalue weighted by atomic mass is 9.96. The van der Waals surface area contributed by atoms with Gasteiger partial charge in [-0.05, 0) is 31.9 Å². The second-order valence-corrected chi connectivity index (χ2v) is 4.99. The third-order valence-electron chi connectivity index (χ3n) is 3.68. The van der Waals surface area contributed by atoms with E-state index in [-0.39, 0.29) is 11.8 Å². The number of pyridine rings is 1. The number of amides is 1. The van der Waals surface area contributed by atoms with Crippen LogP contribution in [0.1, 0.15) is 31.6 Å². The molecule has 0 radical (unpaired) electrons. The zero-order chi connectivity index (χ0) is 13.8. The summed E-state index contributed by atoms with van der Waals surface area (Å²) in [5, 5.41) is 12.1. The summed E-state index contributed by atoms with van der Waals surface area (Å²) in [4.78, 5) is 18.0. The van der Waals surface area contributed by atoms with Crippen molar-refractivity contribution >= 4 is 11.6 Å². The van der Waals surface area contributed by atoms with Crippen LogP contribution in [-0.4, -0.2) is 36.1 Å². The monoisotopic (exact) mass is 263 g/mol. The summed E-state index contributed by atoms with van der Waals surface area (Å²) >= 11 is 0. The minimum absolute atomic E-state index is 0.131. The molecular formula is C14H21N3O2. The van der Waals surface area contributed by atoms with E-state index in [1.165, 1.54) is 0 Å². The molecule has 0 saturated carbocycles. The van der Waals surface area contributed by atoms with Gasteiger partial charge in [0.25, 0.3) is 0 Å². The maximum absolute atomic E-state index is 11.6. The zero-order valence-corrected chi connectivity index (χ0v) is 11.5. The molecule has 1 aliphatic rings. The number of nitrogens with one attached hydrogen (secondary N) is 1. The average molecular weight is 263 g/mol. The first kappa shape index (κ1) is 13.8. The highest BCUT2D eigenvalue weighted by Gasteiger charge is 2.24. The van der Waals surface area contributed by atoms with Gasteiger partial charge >= 0.3 is 0 Å². The number of carbonyl (C=O) groups is 1. The zero-order valence-electron chi connectivity index (χ0n) is 11.5. The molecule has 0 bridgehead atoms. The maximum atomic E-state index is 11.6. The summed E-state index contributed by atoms with van der Waals surface area (Å²) in [6, 6.07) is 3.83. The summed E-state index contributed by atoms with van der Waals surface area (Å²) in [5.41, 5.74) is 1.74. The summed E-state index contributed by atoms with van der Waals surface area (Å²) in [6.45, 7) is 3.44. The number of hydrogen-bond donors (Lipinski definition) is 2. The maximum Gasteiger partial charge on any atom is 0.222 e. The number of hydrogen-bond acceptors (Lipinski definition) is 4. The molecule has 5 nitrogen and oxygen atoms in total. The fourth-order valence-corrected chi connectivity index (χ4v) is 2.44. The predicted octanol–water partition coefficient (Wildman–Crippen LogP) is 1.10. The average Bonchev–Trinajstić information content (AvgIpc) is 2.46. The fourth-order valence-electron chi connectivity index (χ4n) is 2.44. The van der Waals surface area contributed by atoms with Crippen LogP contribution in [-0.2, 0) is 4.79 Å². The van der Waals surface area contributed by atoms with Crippen LogP contribution in [0.25, 0.3) is 0 Å². The number of rotatable bonds is 3. The van der Waals surface area contributed by atoms with Crippen molar-refractivity contribution < 1.29 is 9.90 Å². The molecular weight excluding hydrogens is 242 g/mol. The molecule has 2 N–H and O–H groups in total. The molecule has 1 aromatic heterocycles. The van der Waals surface area contributed by atoms with E-state index in [1.807, 2.05) is 12.1 Å². The number of aromatic nitrogens is 1. The highest BCUT2D eigenvalue weighted by Crippen LogP contribution is 2.23. The minimum atomic E-state index is -0.534. The van der Waals surface area contributed by atoms with Crippen LogP contribution < -0.4 is 10.2 Å². The Morgan fingerprint density at radius 1 is 1.47 bits per heavy atom. The largest absolute Gasteiger partial charge is 0.387 e. The lowest BCUT2D eigenvalue weighted by molar-refractivity contribution is -0.125. The summed E-state index contributed by atoms with van der Waals surface area (Å²) in [7, 11) is 1.69. The van der Waals surface area contributed by atoms with Crippen LogP contribution in [0.15, 0.2) is 18.3 Å². The van der Waals surface area contributed by atoms with Gasteiger partial charge in [0.05, 0.1) is 23.7 Å². The van der Waals surface area contributed by atoms with E-state index in [1.54, 1.807) is 20.2 Å². The van der Waals surface area contributed by atoms with Gasteiger partial charge in [-0.1, -0.05) is 0 Å². The molecule has 0 aliphatic carbocycles. The molecule has 2 rings (SSSR count). The molecule has 1 saturated heterocycles. The summed E-state index contributed by atoms with van der Waals surface area (Å²) in [6.07, 6.45) is 3.01. The van der Waals surface area contributed by atoms with Crippen LogP contribution >= 0.6 is 0 Å². The Hall–Kier alpha value is -1.62. The van der Waals surface area contributed by atoms with E-state index in [0.717, 1.165) is 31.6 Å². The molecule has 1 amide bonds. The van der Waals surface area contributed by atoms with Crippen LogP contribution in [0, 0.1) is 5.92 Å². The van der Waals surface area contributed by atoms with Gasteiger partial charge in [-0.25, -0.2) is 0 Å². The van der Waals surface area contributed by atoms with E-state index in [9.17, 15) is 9.90 Å². The smallest absolute Gasteiger partial charge is 0.222 e. The van der Waals surface area contributed by atoms with E-state index in [4.69, 9.17) is 0 Å². The van der Waals surface area contributed by atoms with Crippen molar-refractivity contribution in [1.82, 2.24) is 10.3 Å². The van der Waals surface area contributed by atoms with Crippen LogP contribution in [0.5, 0.6) is 0 Å².